The number of piperidine rings is 1. The number of likely N-dealkylation sites (tertiary alicyclic amines) is 1. The number of esters is 1. The number of para-hydroxylation sites is 1. The minimum absolute atomic E-state index is 0.0125. The number of benzene rings is 1. The number of anilines is 1. The van der Waals surface area contributed by atoms with Gasteiger partial charge in [0.25, 0.3) is 5.91 Å². The van der Waals surface area contributed by atoms with Crippen LogP contribution in [0.5, 0.6) is 0 Å². The van der Waals surface area contributed by atoms with Gasteiger partial charge in [-0.3, -0.25) is 9.59 Å². The average Bonchev–Trinajstić information content (AvgIpc) is 3.05. The zero-order valence-corrected chi connectivity index (χ0v) is 14.6. The fourth-order valence-corrected chi connectivity index (χ4v) is 3.54. The van der Waals surface area contributed by atoms with Gasteiger partial charge in [-0.1, -0.05) is 12.1 Å². The van der Waals surface area contributed by atoms with Crippen LogP contribution in [-0.4, -0.2) is 48.4 Å². The van der Waals surface area contributed by atoms with Crippen LogP contribution in [0.1, 0.15) is 49.4 Å². The highest BCUT2D eigenvalue weighted by Gasteiger charge is 2.27. The van der Waals surface area contributed by atoms with Crippen molar-refractivity contribution in [2.24, 2.45) is 0 Å². The lowest BCUT2D eigenvalue weighted by atomic mass is 10.0. The van der Waals surface area contributed by atoms with Gasteiger partial charge in [-0.05, 0) is 44.7 Å². The molecule has 25 heavy (non-hydrogen) atoms. The summed E-state index contributed by atoms with van der Waals surface area (Å²) in [5.41, 5.74) is 0.894. The number of nitrogens with zero attached hydrogens (tertiary/aromatic N) is 2. The minimum atomic E-state index is -0.562. The van der Waals surface area contributed by atoms with E-state index in [4.69, 9.17) is 4.74 Å². The van der Waals surface area contributed by atoms with E-state index in [1.54, 1.807) is 34.1 Å². The van der Waals surface area contributed by atoms with Crippen LogP contribution in [0.15, 0.2) is 24.3 Å². The molecule has 0 aromatic heterocycles. The summed E-state index contributed by atoms with van der Waals surface area (Å²) in [6.07, 6.45) is 4.38. The van der Waals surface area contributed by atoms with Crippen molar-refractivity contribution in [1.82, 2.24) is 4.90 Å². The zero-order chi connectivity index (χ0) is 17.8. The molecule has 6 nitrogen and oxygen atoms in total. The molecule has 0 unspecified atom stereocenters. The summed E-state index contributed by atoms with van der Waals surface area (Å²) < 4.78 is 5.26. The van der Waals surface area contributed by atoms with Gasteiger partial charge >= 0.3 is 5.97 Å². The molecule has 2 fully saturated rings. The first-order chi connectivity index (χ1) is 12.1. The van der Waals surface area contributed by atoms with Crippen molar-refractivity contribution in [2.45, 2.75) is 45.1 Å². The van der Waals surface area contributed by atoms with Crippen molar-refractivity contribution in [3.63, 3.8) is 0 Å². The predicted molar refractivity (Wildman–Crippen MR) is 93.3 cm³/mol. The molecule has 2 aliphatic rings. The van der Waals surface area contributed by atoms with E-state index in [1.807, 2.05) is 6.92 Å². The topological polar surface area (TPSA) is 66.9 Å². The standard InChI is InChI=1S/C19H24N2O4/c1-14-7-4-5-11-20(14)18(23)13-25-19(24)15-8-2-3-9-16(15)21-12-6-10-17(21)22/h2-3,8-9,14H,4-7,10-13H2,1H3/t14-/m1/s1. The first kappa shape index (κ1) is 17.5. The van der Waals surface area contributed by atoms with Crippen LogP contribution in [0.2, 0.25) is 0 Å². The van der Waals surface area contributed by atoms with Gasteiger partial charge in [-0.2, -0.15) is 0 Å². The summed E-state index contributed by atoms with van der Waals surface area (Å²) >= 11 is 0. The molecule has 2 amide bonds. The quantitative estimate of drug-likeness (QED) is 0.787. The molecule has 0 saturated carbocycles. The molecule has 6 heteroatoms. The van der Waals surface area contributed by atoms with Crippen molar-refractivity contribution < 1.29 is 19.1 Å². The van der Waals surface area contributed by atoms with Crippen molar-refractivity contribution in [1.29, 1.82) is 0 Å². The zero-order valence-electron chi connectivity index (χ0n) is 14.6. The van der Waals surface area contributed by atoms with E-state index in [0.717, 1.165) is 32.2 Å². The molecule has 2 heterocycles. The SMILES string of the molecule is C[C@@H]1CCCCN1C(=O)COC(=O)c1ccccc1N1CCCC1=O. The third kappa shape index (κ3) is 3.83. The van der Waals surface area contributed by atoms with E-state index in [1.165, 1.54) is 0 Å². The van der Waals surface area contributed by atoms with Crippen LogP contribution in [0, 0.1) is 0 Å². The number of rotatable bonds is 4. The molecule has 2 saturated heterocycles. The lowest BCUT2D eigenvalue weighted by Crippen LogP contribution is -2.44. The largest absolute Gasteiger partial charge is 0.452 e. The molecule has 0 bridgehead atoms. The summed E-state index contributed by atoms with van der Waals surface area (Å²) in [4.78, 5) is 40.2. The number of amides is 2. The normalized spacial score (nSPS) is 20.7. The second kappa shape index (κ2) is 7.68. The van der Waals surface area contributed by atoms with Crippen molar-refractivity contribution in [3.05, 3.63) is 29.8 Å². The lowest BCUT2D eigenvalue weighted by molar-refractivity contribution is -0.137. The number of carbonyl (C=O) groups excluding carboxylic acids is 3. The van der Waals surface area contributed by atoms with Gasteiger partial charge in [0, 0.05) is 25.6 Å². The number of carbonyl (C=O) groups is 3. The van der Waals surface area contributed by atoms with Crippen molar-refractivity contribution >= 4 is 23.5 Å². The highest BCUT2D eigenvalue weighted by Crippen LogP contribution is 2.26. The van der Waals surface area contributed by atoms with E-state index < -0.39 is 5.97 Å². The Morgan fingerprint density at radius 1 is 1.16 bits per heavy atom. The Morgan fingerprint density at radius 2 is 1.96 bits per heavy atom. The van der Waals surface area contributed by atoms with Crippen LogP contribution in [0.3, 0.4) is 0 Å². The molecule has 2 aliphatic heterocycles. The maximum Gasteiger partial charge on any atom is 0.340 e. The molecule has 0 N–H and O–H groups in total. The van der Waals surface area contributed by atoms with E-state index in [0.29, 0.717) is 24.2 Å². The van der Waals surface area contributed by atoms with Gasteiger partial charge in [0.2, 0.25) is 5.91 Å². The Morgan fingerprint density at radius 3 is 2.68 bits per heavy atom. The van der Waals surface area contributed by atoms with Gasteiger partial charge in [0.1, 0.15) is 0 Å². The molecular formula is C19H24N2O4. The molecule has 1 aromatic rings. The molecule has 0 radical (unpaired) electrons. The van der Waals surface area contributed by atoms with E-state index in [2.05, 4.69) is 0 Å². The molecular weight excluding hydrogens is 320 g/mol. The predicted octanol–water partition coefficient (Wildman–Crippen LogP) is 2.37. The van der Waals surface area contributed by atoms with Gasteiger partial charge in [-0.25, -0.2) is 4.79 Å². The summed E-state index contributed by atoms with van der Waals surface area (Å²) in [5.74, 6) is -0.706. The van der Waals surface area contributed by atoms with Crippen LogP contribution in [-0.2, 0) is 14.3 Å². The summed E-state index contributed by atoms with van der Waals surface area (Å²) in [5, 5.41) is 0. The summed E-state index contributed by atoms with van der Waals surface area (Å²) in [6.45, 7) is 3.09. The van der Waals surface area contributed by atoms with Gasteiger partial charge in [-0.15, -0.1) is 0 Å². The van der Waals surface area contributed by atoms with Crippen molar-refractivity contribution in [2.75, 3.05) is 24.6 Å². The van der Waals surface area contributed by atoms with Gasteiger partial charge in [0.15, 0.2) is 6.61 Å². The molecule has 134 valence electrons. The smallest absolute Gasteiger partial charge is 0.340 e. The highest BCUT2D eigenvalue weighted by molar-refractivity contribution is 6.03. The highest BCUT2D eigenvalue weighted by atomic mass is 16.5. The number of hydrogen-bond acceptors (Lipinski definition) is 4. The Balaban J connectivity index is 1.65. The maximum atomic E-state index is 12.5. The van der Waals surface area contributed by atoms with E-state index >= 15 is 0 Å². The van der Waals surface area contributed by atoms with Crippen LogP contribution in [0.25, 0.3) is 0 Å². The maximum absolute atomic E-state index is 12.5. The Bertz CT molecular complexity index is 673. The molecule has 0 spiro atoms. The van der Waals surface area contributed by atoms with E-state index in [9.17, 15) is 14.4 Å². The fourth-order valence-electron chi connectivity index (χ4n) is 3.54. The first-order valence-corrected chi connectivity index (χ1v) is 8.94. The number of hydrogen-bond donors (Lipinski definition) is 0. The lowest BCUT2D eigenvalue weighted by Gasteiger charge is -2.33. The van der Waals surface area contributed by atoms with Crippen LogP contribution < -0.4 is 4.90 Å². The molecule has 1 aromatic carbocycles. The third-order valence-electron chi connectivity index (χ3n) is 4.94. The van der Waals surface area contributed by atoms with E-state index in [-0.39, 0.29) is 24.5 Å². The summed E-state index contributed by atoms with van der Waals surface area (Å²) in [7, 11) is 0. The number of ether oxygens (including phenoxy) is 1. The Labute approximate surface area is 147 Å². The second-order valence-electron chi connectivity index (χ2n) is 6.67. The van der Waals surface area contributed by atoms with Crippen molar-refractivity contribution in [3.8, 4) is 0 Å². The summed E-state index contributed by atoms with van der Waals surface area (Å²) in [6, 6.07) is 7.09. The minimum Gasteiger partial charge on any atom is -0.452 e. The monoisotopic (exact) mass is 344 g/mol. The van der Waals surface area contributed by atoms with Crippen LogP contribution >= 0.6 is 0 Å². The molecule has 3 rings (SSSR count). The Kier molecular flexibility index (Phi) is 5.36. The average molecular weight is 344 g/mol. The van der Waals surface area contributed by atoms with Gasteiger partial charge in [0.05, 0.1) is 11.3 Å². The molecule has 0 aliphatic carbocycles. The molecule has 1 atom stereocenters. The first-order valence-electron chi connectivity index (χ1n) is 8.94. The third-order valence-corrected chi connectivity index (χ3v) is 4.94. The Hall–Kier alpha value is -2.37. The van der Waals surface area contributed by atoms with Crippen LogP contribution in [0.4, 0.5) is 5.69 Å². The second-order valence-corrected chi connectivity index (χ2v) is 6.67. The van der Waals surface area contributed by atoms with Gasteiger partial charge < -0.3 is 14.5 Å². The fraction of sp³-hybridized carbons (Fsp3) is 0.526.